The second-order valence-electron chi connectivity index (χ2n) is 2.26. The van der Waals surface area contributed by atoms with Gasteiger partial charge < -0.3 is 14.9 Å². The summed E-state index contributed by atoms with van der Waals surface area (Å²) in [6.45, 7) is 0.360. The molecule has 0 amide bonds. The number of nitrogens with one attached hydrogen (secondary N) is 1. The lowest BCUT2D eigenvalue weighted by Crippen LogP contribution is -2.53. The maximum atomic E-state index is 8.95. The Morgan fingerprint density at radius 3 is 2.90 bits per heavy atom. The predicted octanol–water partition coefficient (Wildman–Crippen LogP) is -2.22. The van der Waals surface area contributed by atoms with E-state index in [0.29, 0.717) is 6.54 Å². The lowest BCUT2D eigenvalue weighted by Gasteiger charge is -2.32. The maximum absolute atomic E-state index is 8.95. The molecule has 1 unspecified atom stereocenters. The fraction of sp³-hybridized carbons (Fsp3) is 1.00. The van der Waals surface area contributed by atoms with Gasteiger partial charge in [-0.3, -0.25) is 5.32 Å². The van der Waals surface area contributed by atoms with Crippen LogP contribution in [0.25, 0.3) is 0 Å². The maximum Gasteiger partial charge on any atom is 0.122 e. The standard InChI is InChI=1S/C5H10BNO3/c6-4-5(9)7-1-3(2-8)10-4/h3-5,7-9H,1-2H2/t3-,4+,5?/m0/s1. The van der Waals surface area contributed by atoms with Gasteiger partial charge in [-0.05, 0) is 0 Å². The van der Waals surface area contributed by atoms with Gasteiger partial charge in [-0.25, -0.2) is 0 Å². The lowest BCUT2D eigenvalue weighted by molar-refractivity contribution is -0.0993. The van der Waals surface area contributed by atoms with E-state index in [4.69, 9.17) is 22.8 Å². The van der Waals surface area contributed by atoms with Gasteiger partial charge in [0.25, 0.3) is 0 Å². The van der Waals surface area contributed by atoms with Crippen LogP contribution in [-0.2, 0) is 4.74 Å². The van der Waals surface area contributed by atoms with Crippen molar-refractivity contribution in [2.24, 2.45) is 0 Å². The van der Waals surface area contributed by atoms with Crippen molar-refractivity contribution in [3.05, 3.63) is 0 Å². The van der Waals surface area contributed by atoms with Gasteiger partial charge in [-0.2, -0.15) is 0 Å². The molecule has 0 saturated carbocycles. The monoisotopic (exact) mass is 143 g/mol. The average molecular weight is 143 g/mol. The van der Waals surface area contributed by atoms with Gasteiger partial charge >= 0.3 is 0 Å². The molecule has 0 aromatic heterocycles. The Balaban J connectivity index is 2.33. The number of morpholine rings is 1. The molecule has 5 heteroatoms. The van der Waals surface area contributed by atoms with Gasteiger partial charge in [0, 0.05) is 6.54 Å². The van der Waals surface area contributed by atoms with E-state index in [1.165, 1.54) is 0 Å². The molecule has 10 heavy (non-hydrogen) atoms. The number of aliphatic hydroxyl groups is 2. The third kappa shape index (κ3) is 1.70. The first-order valence-corrected chi connectivity index (χ1v) is 3.17. The van der Waals surface area contributed by atoms with Crippen LogP contribution in [0.3, 0.4) is 0 Å². The highest BCUT2D eigenvalue weighted by Crippen LogP contribution is 2.03. The molecule has 56 valence electrons. The fourth-order valence-electron chi connectivity index (χ4n) is 0.821. The summed E-state index contributed by atoms with van der Waals surface area (Å²) in [6.07, 6.45) is -1.11. The Bertz CT molecular complexity index is 113. The van der Waals surface area contributed by atoms with E-state index in [1.54, 1.807) is 0 Å². The summed E-state index contributed by atoms with van der Waals surface area (Å²) in [7, 11) is 5.30. The fourth-order valence-corrected chi connectivity index (χ4v) is 0.821. The predicted molar refractivity (Wildman–Crippen MR) is 35.5 cm³/mol. The molecule has 1 saturated heterocycles. The van der Waals surface area contributed by atoms with E-state index in [1.807, 2.05) is 0 Å². The van der Waals surface area contributed by atoms with Gasteiger partial charge in [-0.1, -0.05) is 0 Å². The van der Waals surface area contributed by atoms with Crippen LogP contribution < -0.4 is 5.32 Å². The van der Waals surface area contributed by atoms with Gasteiger partial charge in [0.1, 0.15) is 14.1 Å². The van der Waals surface area contributed by atoms with E-state index >= 15 is 0 Å². The quantitative estimate of drug-likeness (QED) is 0.364. The Morgan fingerprint density at radius 2 is 2.40 bits per heavy atom. The minimum Gasteiger partial charge on any atom is -0.394 e. The summed E-state index contributed by atoms with van der Waals surface area (Å²) < 4.78 is 4.96. The lowest BCUT2D eigenvalue weighted by atomic mass is 9.96. The molecule has 3 atom stereocenters. The zero-order valence-corrected chi connectivity index (χ0v) is 5.53. The number of rotatable bonds is 1. The Morgan fingerprint density at radius 1 is 1.70 bits per heavy atom. The molecule has 1 aliphatic rings. The molecule has 1 aliphatic heterocycles. The van der Waals surface area contributed by atoms with Crippen LogP contribution in [0.4, 0.5) is 0 Å². The normalized spacial score (nSPS) is 41.6. The molecule has 2 radical (unpaired) electrons. The number of ether oxygens (including phenoxy) is 1. The molecule has 1 heterocycles. The van der Waals surface area contributed by atoms with Crippen molar-refractivity contribution in [1.82, 2.24) is 5.32 Å². The summed E-state index contributed by atoms with van der Waals surface area (Å²) in [6, 6.07) is -0.731. The van der Waals surface area contributed by atoms with Crippen molar-refractivity contribution in [2.45, 2.75) is 18.3 Å². The molecule has 0 aliphatic carbocycles. The number of aliphatic hydroxyl groups excluding tert-OH is 2. The van der Waals surface area contributed by atoms with E-state index < -0.39 is 12.2 Å². The minimum absolute atomic E-state index is 0.0760. The molecule has 1 fully saturated rings. The summed E-state index contributed by atoms with van der Waals surface area (Å²) in [5, 5.41) is 20.2. The Kier molecular flexibility index (Phi) is 2.68. The first-order valence-electron chi connectivity index (χ1n) is 3.17. The molecule has 4 nitrogen and oxygen atoms in total. The van der Waals surface area contributed by atoms with Crippen LogP contribution in [0.5, 0.6) is 0 Å². The van der Waals surface area contributed by atoms with Gasteiger partial charge in [0.15, 0.2) is 0 Å². The molecule has 0 spiro atoms. The Labute approximate surface area is 60.6 Å². The highest BCUT2D eigenvalue weighted by Gasteiger charge is 2.24. The van der Waals surface area contributed by atoms with Crippen molar-refractivity contribution in [1.29, 1.82) is 0 Å². The van der Waals surface area contributed by atoms with E-state index in [0.717, 1.165) is 0 Å². The summed E-state index contributed by atoms with van der Waals surface area (Å²) >= 11 is 0. The minimum atomic E-state index is -0.817. The third-order valence-corrected chi connectivity index (χ3v) is 1.42. The number of hydrogen-bond acceptors (Lipinski definition) is 4. The molecule has 0 bridgehead atoms. The van der Waals surface area contributed by atoms with Crippen LogP contribution in [-0.4, -0.2) is 49.5 Å². The second kappa shape index (κ2) is 3.34. The van der Waals surface area contributed by atoms with Crippen molar-refractivity contribution in [2.75, 3.05) is 13.2 Å². The molecule has 0 aromatic rings. The summed E-state index contributed by atoms with van der Waals surface area (Å²) in [5.74, 6) is 0. The molecule has 0 aromatic carbocycles. The van der Waals surface area contributed by atoms with Gasteiger partial charge in [-0.15, -0.1) is 0 Å². The molecule has 3 N–H and O–H groups in total. The van der Waals surface area contributed by atoms with Crippen molar-refractivity contribution in [3.8, 4) is 0 Å². The first kappa shape index (κ1) is 8.01. The van der Waals surface area contributed by atoms with Crippen LogP contribution in [0.15, 0.2) is 0 Å². The van der Waals surface area contributed by atoms with E-state index in [9.17, 15) is 0 Å². The van der Waals surface area contributed by atoms with Gasteiger partial charge in [0.05, 0.1) is 18.7 Å². The van der Waals surface area contributed by atoms with Crippen LogP contribution in [0.1, 0.15) is 0 Å². The van der Waals surface area contributed by atoms with Gasteiger partial charge in [0.2, 0.25) is 0 Å². The zero-order valence-electron chi connectivity index (χ0n) is 5.53. The van der Waals surface area contributed by atoms with Crippen LogP contribution in [0, 0.1) is 0 Å². The SMILES string of the molecule is [B][C@@H]1O[C@H](CO)CNC1O. The third-order valence-electron chi connectivity index (χ3n) is 1.42. The molecule has 1 rings (SSSR count). The van der Waals surface area contributed by atoms with E-state index in [2.05, 4.69) is 5.32 Å². The smallest absolute Gasteiger partial charge is 0.122 e. The summed E-state index contributed by atoms with van der Waals surface area (Å²) in [4.78, 5) is 0. The van der Waals surface area contributed by atoms with Crippen molar-refractivity contribution < 1.29 is 14.9 Å². The zero-order chi connectivity index (χ0) is 7.56. The molecular formula is C5H10BNO3. The largest absolute Gasteiger partial charge is 0.394 e. The second-order valence-corrected chi connectivity index (χ2v) is 2.26. The van der Waals surface area contributed by atoms with E-state index in [-0.39, 0.29) is 12.7 Å². The van der Waals surface area contributed by atoms with Crippen LogP contribution >= 0.6 is 0 Å². The highest BCUT2D eigenvalue weighted by molar-refractivity contribution is 6.11. The Hall–Kier alpha value is -0.0951. The van der Waals surface area contributed by atoms with Crippen molar-refractivity contribution >= 4 is 7.85 Å². The molecular weight excluding hydrogens is 133 g/mol. The van der Waals surface area contributed by atoms with Crippen molar-refractivity contribution in [3.63, 3.8) is 0 Å². The topological polar surface area (TPSA) is 61.7 Å². The number of hydrogen-bond donors (Lipinski definition) is 3. The summed E-state index contributed by atoms with van der Waals surface area (Å²) in [5.41, 5.74) is 0. The highest BCUT2D eigenvalue weighted by atomic mass is 16.5. The first-order chi connectivity index (χ1) is 4.74. The average Bonchev–Trinajstić information content (AvgIpc) is 1.95. The van der Waals surface area contributed by atoms with Crippen LogP contribution in [0.2, 0.25) is 0 Å².